The highest BCUT2D eigenvalue weighted by Crippen LogP contribution is 2.26. The Morgan fingerprint density at radius 1 is 0.906 bits per heavy atom. The first-order chi connectivity index (χ1) is 15.2. The third-order valence-corrected chi connectivity index (χ3v) is 5.35. The molecule has 182 valence electrons. The number of aliphatic hydroxyl groups is 6. The summed E-state index contributed by atoms with van der Waals surface area (Å²) in [6, 6.07) is 6.41. The smallest absolute Gasteiger partial charge is 0.229 e. The van der Waals surface area contributed by atoms with Gasteiger partial charge in [-0.1, -0.05) is 12.1 Å². The van der Waals surface area contributed by atoms with E-state index in [-0.39, 0.29) is 25.5 Å². The molecule has 0 saturated carbocycles. The van der Waals surface area contributed by atoms with E-state index in [1.807, 2.05) is 0 Å². The van der Waals surface area contributed by atoms with Gasteiger partial charge < -0.3 is 54.8 Å². The quantitative estimate of drug-likeness (QED) is 0.172. The van der Waals surface area contributed by atoms with Crippen molar-refractivity contribution in [2.24, 2.45) is 0 Å². The number of rotatable bonds is 8. The van der Waals surface area contributed by atoms with Crippen molar-refractivity contribution in [3.8, 4) is 5.75 Å². The molecule has 10 atom stereocenters. The molecule has 1 aromatic rings. The molecule has 2 fully saturated rings. The molecule has 8 N–H and O–H groups in total. The lowest BCUT2D eigenvalue weighted by molar-refractivity contribution is -1.05. The van der Waals surface area contributed by atoms with Crippen molar-refractivity contribution in [3.63, 3.8) is 0 Å². The summed E-state index contributed by atoms with van der Waals surface area (Å²) < 4.78 is 21.6. The lowest BCUT2D eigenvalue weighted by Gasteiger charge is -2.41. The van der Waals surface area contributed by atoms with Gasteiger partial charge in [0.05, 0.1) is 13.2 Å². The van der Waals surface area contributed by atoms with Crippen molar-refractivity contribution in [2.45, 2.75) is 61.7 Å². The van der Waals surface area contributed by atoms with E-state index in [0.29, 0.717) is 6.42 Å². The highest BCUT2D eigenvalue weighted by atomic mass is 16.8. The van der Waals surface area contributed by atoms with E-state index in [2.05, 4.69) is 0 Å². The van der Waals surface area contributed by atoms with Gasteiger partial charge in [0.25, 0.3) is 0 Å². The second-order valence-electron chi connectivity index (χ2n) is 7.75. The molecule has 0 aromatic heterocycles. The summed E-state index contributed by atoms with van der Waals surface area (Å²) >= 11 is 0. The number of hydroxylamine groups is 2. The summed E-state index contributed by atoms with van der Waals surface area (Å²) in [6.45, 7) is -0.679. The van der Waals surface area contributed by atoms with Crippen molar-refractivity contribution in [1.82, 2.24) is 0 Å². The maximum atomic E-state index is 10.7. The largest absolute Gasteiger partial charge is 0.600 e. The molecule has 0 aliphatic carbocycles. The minimum atomic E-state index is -1.62. The predicted octanol–water partition coefficient (Wildman–Crippen LogP) is -4.36. The first kappa shape index (κ1) is 25.2. The maximum absolute atomic E-state index is 10.7. The Bertz CT molecular complexity index is 706. The molecule has 2 aliphatic rings. The van der Waals surface area contributed by atoms with Crippen LogP contribution in [0.1, 0.15) is 5.56 Å². The highest BCUT2D eigenvalue weighted by molar-refractivity contribution is 5.27. The fourth-order valence-electron chi connectivity index (χ4n) is 3.39. The molecule has 1 aromatic carbocycles. The topological polar surface area (TPSA) is 206 Å². The zero-order valence-corrected chi connectivity index (χ0v) is 17.0. The average Bonchev–Trinajstić information content (AvgIpc) is 2.77. The van der Waals surface area contributed by atoms with Crippen molar-refractivity contribution in [3.05, 3.63) is 35.0 Å². The standard InChI is InChI=1S/C19H29NO12/c21-11-7-29-18(16(25)13(11)22)30-8-12-14(23)15(24)17(26)19(32-12)31-10-3-1-9(2-4-10)5-6-20(27)28/h1-4,11-27H,5-8H2/t11-,12+,13-,14+,15-,16+,17+,18-,19+/m0/s1. The van der Waals surface area contributed by atoms with Crippen LogP contribution in [0.25, 0.3) is 0 Å². The number of hydrogen-bond donors (Lipinski definition) is 8. The maximum Gasteiger partial charge on any atom is 0.229 e. The van der Waals surface area contributed by atoms with E-state index in [4.69, 9.17) is 24.2 Å². The summed E-state index contributed by atoms with van der Waals surface area (Å²) in [5.74, 6) is 0.277. The van der Waals surface area contributed by atoms with E-state index in [9.17, 15) is 35.8 Å². The van der Waals surface area contributed by atoms with Gasteiger partial charge in [-0.2, -0.15) is 0 Å². The van der Waals surface area contributed by atoms with E-state index in [1.165, 1.54) is 0 Å². The summed E-state index contributed by atoms with van der Waals surface area (Å²) in [4.78, 5) is 0. The highest BCUT2D eigenvalue weighted by Gasteiger charge is 2.46. The third-order valence-electron chi connectivity index (χ3n) is 5.35. The molecule has 2 heterocycles. The predicted molar refractivity (Wildman–Crippen MR) is 102 cm³/mol. The molecule has 32 heavy (non-hydrogen) atoms. The van der Waals surface area contributed by atoms with Gasteiger partial charge in [0, 0.05) is 6.42 Å². The zero-order valence-electron chi connectivity index (χ0n) is 17.0. The van der Waals surface area contributed by atoms with E-state index < -0.39 is 60.5 Å². The van der Waals surface area contributed by atoms with E-state index in [0.717, 1.165) is 5.56 Å². The van der Waals surface area contributed by atoms with Crippen LogP contribution in [0.5, 0.6) is 5.75 Å². The molecule has 13 nitrogen and oxygen atoms in total. The van der Waals surface area contributed by atoms with Crippen LogP contribution in [0.4, 0.5) is 0 Å². The first-order valence-corrected chi connectivity index (χ1v) is 10.1. The number of aliphatic hydroxyl groups excluding tert-OH is 6. The average molecular weight is 463 g/mol. The molecule has 2 saturated heterocycles. The minimum Gasteiger partial charge on any atom is -0.600 e. The van der Waals surface area contributed by atoms with Gasteiger partial charge in [0.15, 0.2) is 6.29 Å². The Morgan fingerprint density at radius 3 is 2.22 bits per heavy atom. The van der Waals surface area contributed by atoms with Crippen molar-refractivity contribution in [2.75, 3.05) is 19.8 Å². The SMILES string of the molecule is [O-][NH+](O)CCc1ccc(O[C@@H]2O[C@H](CO[C@@H]3OC[C@H](O)[C@H](O)[C@H]3O)[C@@H](O)[C@H](O)[C@H]2O)cc1. The molecule has 1 unspecified atom stereocenters. The van der Waals surface area contributed by atoms with Gasteiger partial charge in [-0.15, -0.1) is 0 Å². The lowest BCUT2D eigenvalue weighted by atomic mass is 9.99. The van der Waals surface area contributed by atoms with Gasteiger partial charge in [-0.05, 0) is 17.7 Å². The van der Waals surface area contributed by atoms with Crippen LogP contribution in [-0.2, 0) is 20.6 Å². The molecule has 2 aliphatic heterocycles. The van der Waals surface area contributed by atoms with Crippen LogP contribution in [0, 0.1) is 5.21 Å². The third kappa shape index (κ3) is 6.11. The second kappa shape index (κ2) is 11.1. The van der Waals surface area contributed by atoms with Crippen molar-refractivity contribution < 1.29 is 60.0 Å². The summed E-state index contributed by atoms with van der Waals surface area (Å²) in [5.41, 5.74) is 0.768. The van der Waals surface area contributed by atoms with Gasteiger partial charge in [-0.3, -0.25) is 0 Å². The first-order valence-electron chi connectivity index (χ1n) is 10.1. The second-order valence-corrected chi connectivity index (χ2v) is 7.75. The molecule has 0 amide bonds. The monoisotopic (exact) mass is 463 g/mol. The molecule has 0 spiro atoms. The molecule has 3 rings (SSSR count). The fraction of sp³-hybridized carbons (Fsp3) is 0.684. The van der Waals surface area contributed by atoms with E-state index in [1.54, 1.807) is 24.3 Å². The van der Waals surface area contributed by atoms with Crippen molar-refractivity contribution in [1.29, 1.82) is 0 Å². The van der Waals surface area contributed by atoms with Gasteiger partial charge in [0.2, 0.25) is 6.29 Å². The van der Waals surface area contributed by atoms with Crippen molar-refractivity contribution >= 4 is 0 Å². The van der Waals surface area contributed by atoms with Gasteiger partial charge >= 0.3 is 0 Å². The number of ether oxygens (including phenoxy) is 4. The molecule has 0 bridgehead atoms. The lowest BCUT2D eigenvalue weighted by Crippen LogP contribution is -3.04. The number of nitrogens with one attached hydrogen (secondary N) is 1. The molecule has 13 heteroatoms. The minimum absolute atomic E-state index is 0.0220. The Balaban J connectivity index is 1.57. The number of benzene rings is 1. The van der Waals surface area contributed by atoms with Crippen LogP contribution in [0.3, 0.4) is 0 Å². The van der Waals surface area contributed by atoms with Crippen LogP contribution >= 0.6 is 0 Å². The van der Waals surface area contributed by atoms with Crippen LogP contribution in [-0.4, -0.2) is 111 Å². The zero-order chi connectivity index (χ0) is 23.4. The van der Waals surface area contributed by atoms with Gasteiger partial charge in [-0.25, -0.2) is 10.4 Å². The Morgan fingerprint density at radius 2 is 1.56 bits per heavy atom. The fourth-order valence-corrected chi connectivity index (χ4v) is 3.39. The normalized spacial score (nSPS) is 38.9. The number of hydrogen-bond acceptors (Lipinski definition) is 12. The Kier molecular flexibility index (Phi) is 8.74. The summed E-state index contributed by atoms with van der Waals surface area (Å²) in [7, 11) is 0. The number of quaternary nitrogens is 1. The molecular weight excluding hydrogens is 434 g/mol. The van der Waals surface area contributed by atoms with Crippen LogP contribution in [0.15, 0.2) is 24.3 Å². The van der Waals surface area contributed by atoms with E-state index >= 15 is 0 Å². The van der Waals surface area contributed by atoms with Crippen LogP contribution in [0.2, 0.25) is 0 Å². The molecular formula is C19H29NO12. The summed E-state index contributed by atoms with van der Waals surface area (Å²) in [5, 5.41) is 78.2. The summed E-state index contributed by atoms with van der Waals surface area (Å²) in [6.07, 6.45) is -12.5. The van der Waals surface area contributed by atoms with Crippen LogP contribution < -0.4 is 9.96 Å². The Labute approximate surface area is 183 Å². The van der Waals surface area contributed by atoms with Gasteiger partial charge in [0.1, 0.15) is 55.0 Å². The Hall–Kier alpha value is -1.46. The molecule has 0 radical (unpaired) electrons.